The fourth-order valence-electron chi connectivity index (χ4n) is 3.50. The molecule has 1 heterocycles. The van der Waals surface area contributed by atoms with Gasteiger partial charge in [0.15, 0.2) is 0 Å². The third kappa shape index (κ3) is 5.17. The fraction of sp³-hybridized carbons (Fsp3) is 0.381. The van der Waals surface area contributed by atoms with Gasteiger partial charge >= 0.3 is 0 Å². The van der Waals surface area contributed by atoms with Gasteiger partial charge in [-0.3, -0.25) is 14.9 Å². The van der Waals surface area contributed by atoms with Crippen LogP contribution in [0.4, 0.5) is 17.1 Å². The molecular formula is C21H26N4O6S. The quantitative estimate of drug-likeness (QED) is 0.432. The van der Waals surface area contributed by atoms with Crippen LogP contribution >= 0.6 is 0 Å². The molecule has 0 atom stereocenters. The molecule has 0 spiro atoms. The molecule has 0 bridgehead atoms. The van der Waals surface area contributed by atoms with Crippen molar-refractivity contribution < 1.29 is 22.9 Å². The maximum Gasteiger partial charge on any atom is 0.274 e. The third-order valence-electron chi connectivity index (χ3n) is 5.16. The van der Waals surface area contributed by atoms with Crippen LogP contribution in [-0.2, 0) is 14.8 Å². The number of nitrogens with zero attached hydrogens (tertiary/aromatic N) is 2. The number of amides is 1. The molecule has 1 fully saturated rings. The van der Waals surface area contributed by atoms with Crippen LogP contribution in [0.1, 0.15) is 25.3 Å². The Balaban J connectivity index is 1.75. The van der Waals surface area contributed by atoms with Gasteiger partial charge in [0.05, 0.1) is 29.3 Å². The number of carbonyl (C=O) groups excluding carboxylic acids is 1. The SMILES string of the molecule is CCOc1ccc(NCC(=O)Nc2cccc([N+](=O)[O-])c2C)cc1S(=O)(=O)N1CCCC1. The van der Waals surface area contributed by atoms with Crippen molar-refractivity contribution in [2.45, 2.75) is 31.6 Å². The van der Waals surface area contributed by atoms with Crippen LogP contribution in [0, 0.1) is 17.0 Å². The highest BCUT2D eigenvalue weighted by molar-refractivity contribution is 7.89. The lowest BCUT2D eigenvalue weighted by Crippen LogP contribution is -2.28. The van der Waals surface area contributed by atoms with Crippen molar-refractivity contribution in [3.8, 4) is 5.75 Å². The van der Waals surface area contributed by atoms with Gasteiger partial charge < -0.3 is 15.4 Å². The molecule has 0 radical (unpaired) electrons. The van der Waals surface area contributed by atoms with E-state index in [1.807, 2.05) is 0 Å². The van der Waals surface area contributed by atoms with Gasteiger partial charge in [-0.15, -0.1) is 0 Å². The summed E-state index contributed by atoms with van der Waals surface area (Å²) in [6, 6.07) is 9.11. The van der Waals surface area contributed by atoms with Crippen LogP contribution in [0.5, 0.6) is 5.75 Å². The minimum Gasteiger partial charge on any atom is -0.492 e. The van der Waals surface area contributed by atoms with Gasteiger partial charge in [-0.25, -0.2) is 8.42 Å². The van der Waals surface area contributed by atoms with E-state index in [2.05, 4.69) is 10.6 Å². The van der Waals surface area contributed by atoms with E-state index in [0.717, 1.165) is 12.8 Å². The highest BCUT2D eigenvalue weighted by atomic mass is 32.2. The Hall–Kier alpha value is -3.18. The number of nitrogens with one attached hydrogen (secondary N) is 2. The third-order valence-corrected chi connectivity index (χ3v) is 7.08. The molecule has 1 aliphatic heterocycles. The van der Waals surface area contributed by atoms with E-state index >= 15 is 0 Å². The lowest BCUT2D eigenvalue weighted by molar-refractivity contribution is -0.385. The summed E-state index contributed by atoms with van der Waals surface area (Å²) in [7, 11) is -3.72. The molecule has 1 aliphatic rings. The Kier molecular flexibility index (Phi) is 7.31. The second-order valence-corrected chi connectivity index (χ2v) is 9.22. The normalized spacial score (nSPS) is 14.2. The summed E-state index contributed by atoms with van der Waals surface area (Å²) >= 11 is 0. The van der Waals surface area contributed by atoms with E-state index in [-0.39, 0.29) is 22.9 Å². The smallest absolute Gasteiger partial charge is 0.274 e. The molecule has 2 N–H and O–H groups in total. The number of nitro benzene ring substituents is 1. The highest BCUT2D eigenvalue weighted by Gasteiger charge is 2.30. The van der Waals surface area contributed by atoms with Crippen molar-refractivity contribution in [1.82, 2.24) is 4.31 Å². The molecule has 2 aromatic rings. The Labute approximate surface area is 186 Å². The summed E-state index contributed by atoms with van der Waals surface area (Å²) in [6.45, 7) is 4.44. The molecule has 32 heavy (non-hydrogen) atoms. The molecular weight excluding hydrogens is 436 g/mol. The van der Waals surface area contributed by atoms with Gasteiger partial charge in [0.1, 0.15) is 10.6 Å². The van der Waals surface area contributed by atoms with Gasteiger partial charge in [0.2, 0.25) is 15.9 Å². The first-order valence-electron chi connectivity index (χ1n) is 10.3. The summed E-state index contributed by atoms with van der Waals surface area (Å²) in [6.07, 6.45) is 1.64. The molecule has 10 nitrogen and oxygen atoms in total. The number of nitro groups is 1. The van der Waals surface area contributed by atoms with Crippen LogP contribution in [0.25, 0.3) is 0 Å². The number of hydrogen-bond acceptors (Lipinski definition) is 7. The minimum absolute atomic E-state index is 0.0567. The van der Waals surface area contributed by atoms with Crippen molar-refractivity contribution in [1.29, 1.82) is 0 Å². The van der Waals surface area contributed by atoms with Gasteiger partial charge in [-0.2, -0.15) is 4.31 Å². The molecule has 0 unspecified atom stereocenters. The van der Waals surface area contributed by atoms with Crippen LogP contribution in [-0.4, -0.2) is 49.8 Å². The number of anilines is 2. The monoisotopic (exact) mass is 462 g/mol. The molecule has 172 valence electrons. The molecule has 0 saturated carbocycles. The van der Waals surface area contributed by atoms with E-state index in [0.29, 0.717) is 36.6 Å². The Bertz CT molecular complexity index is 1110. The second-order valence-electron chi connectivity index (χ2n) is 7.31. The average Bonchev–Trinajstić information content (AvgIpc) is 3.30. The minimum atomic E-state index is -3.72. The first kappa shape index (κ1) is 23.5. The highest BCUT2D eigenvalue weighted by Crippen LogP contribution is 2.31. The van der Waals surface area contributed by atoms with Crippen molar-refractivity contribution >= 4 is 33.0 Å². The zero-order valence-corrected chi connectivity index (χ0v) is 18.8. The summed E-state index contributed by atoms with van der Waals surface area (Å²) in [5, 5.41) is 16.6. The van der Waals surface area contributed by atoms with E-state index in [9.17, 15) is 23.3 Å². The maximum atomic E-state index is 13.1. The number of sulfonamides is 1. The lowest BCUT2D eigenvalue weighted by atomic mass is 10.1. The van der Waals surface area contributed by atoms with E-state index < -0.39 is 20.9 Å². The Morgan fingerprint density at radius 2 is 1.94 bits per heavy atom. The van der Waals surface area contributed by atoms with Crippen molar-refractivity contribution in [2.24, 2.45) is 0 Å². The molecule has 0 aromatic heterocycles. The predicted octanol–water partition coefficient (Wildman–Crippen LogP) is 3.14. The summed E-state index contributed by atoms with van der Waals surface area (Å²) in [5.41, 5.74) is 1.05. The largest absolute Gasteiger partial charge is 0.492 e. The second kappa shape index (κ2) is 9.96. The van der Waals surface area contributed by atoms with Gasteiger partial charge in [-0.05, 0) is 51.0 Å². The molecule has 1 amide bonds. The summed E-state index contributed by atoms with van der Waals surface area (Å²) in [4.78, 5) is 23.0. The lowest BCUT2D eigenvalue weighted by Gasteiger charge is -2.19. The van der Waals surface area contributed by atoms with Crippen LogP contribution < -0.4 is 15.4 Å². The molecule has 1 saturated heterocycles. The van der Waals surface area contributed by atoms with Crippen molar-refractivity contribution in [3.05, 3.63) is 52.1 Å². The van der Waals surface area contributed by atoms with E-state index in [1.54, 1.807) is 32.0 Å². The van der Waals surface area contributed by atoms with E-state index in [1.165, 1.54) is 22.5 Å². The van der Waals surface area contributed by atoms with E-state index in [4.69, 9.17) is 4.74 Å². The number of carbonyl (C=O) groups is 1. The first-order valence-corrected chi connectivity index (χ1v) is 11.7. The Morgan fingerprint density at radius 1 is 1.22 bits per heavy atom. The average molecular weight is 463 g/mol. The first-order chi connectivity index (χ1) is 15.2. The van der Waals surface area contributed by atoms with Crippen LogP contribution in [0.15, 0.2) is 41.3 Å². The Morgan fingerprint density at radius 3 is 2.59 bits per heavy atom. The van der Waals surface area contributed by atoms with Crippen molar-refractivity contribution in [3.63, 3.8) is 0 Å². The zero-order valence-electron chi connectivity index (χ0n) is 18.0. The predicted molar refractivity (Wildman–Crippen MR) is 121 cm³/mol. The molecule has 0 aliphatic carbocycles. The standard InChI is InChI=1S/C21H26N4O6S/c1-3-31-19-10-9-16(13-20(19)32(29,30)24-11-4-5-12-24)22-14-21(26)23-17-7-6-8-18(15(17)2)25(27)28/h6-10,13,22H,3-5,11-12,14H2,1-2H3,(H,23,26). The van der Waals surface area contributed by atoms with Crippen LogP contribution in [0.3, 0.4) is 0 Å². The number of ether oxygens (including phenoxy) is 1. The number of benzene rings is 2. The van der Waals surface area contributed by atoms with Crippen LogP contribution in [0.2, 0.25) is 0 Å². The molecule has 2 aromatic carbocycles. The molecule has 3 rings (SSSR count). The fourth-order valence-corrected chi connectivity index (χ4v) is 5.17. The van der Waals surface area contributed by atoms with Crippen molar-refractivity contribution in [2.75, 3.05) is 36.9 Å². The maximum absolute atomic E-state index is 13.1. The van der Waals surface area contributed by atoms with Gasteiger partial charge in [0.25, 0.3) is 5.69 Å². The summed E-state index contributed by atoms with van der Waals surface area (Å²) < 4.78 is 33.1. The summed E-state index contributed by atoms with van der Waals surface area (Å²) in [5.74, 6) is -0.159. The zero-order chi connectivity index (χ0) is 23.3. The number of rotatable bonds is 9. The topological polar surface area (TPSA) is 131 Å². The van der Waals surface area contributed by atoms with Gasteiger partial charge in [0, 0.05) is 24.8 Å². The molecule has 11 heteroatoms. The number of hydrogen-bond donors (Lipinski definition) is 2. The van der Waals surface area contributed by atoms with Gasteiger partial charge in [-0.1, -0.05) is 6.07 Å².